The number of hydrogen-bond acceptors (Lipinski definition) is 3. The summed E-state index contributed by atoms with van der Waals surface area (Å²) in [6.07, 6.45) is 4.07. The largest absolute Gasteiger partial charge is 0.464 e. The predicted octanol–water partition coefficient (Wildman–Crippen LogP) is 4.39. The van der Waals surface area contributed by atoms with Gasteiger partial charge in [0.05, 0.1) is 6.26 Å². The molecule has 2 heterocycles. The Labute approximate surface area is 125 Å². The van der Waals surface area contributed by atoms with E-state index in [0.29, 0.717) is 0 Å². The van der Waals surface area contributed by atoms with Crippen LogP contribution in [0.1, 0.15) is 37.0 Å². The van der Waals surface area contributed by atoms with Gasteiger partial charge in [0.25, 0.3) is 0 Å². The lowest BCUT2D eigenvalue weighted by Crippen LogP contribution is -2.32. The summed E-state index contributed by atoms with van der Waals surface area (Å²) < 4.78 is 5.44. The molecule has 21 heavy (non-hydrogen) atoms. The third-order valence-corrected chi connectivity index (χ3v) is 4.32. The number of hydrogen-bond donors (Lipinski definition) is 0. The summed E-state index contributed by atoms with van der Waals surface area (Å²) in [6.45, 7) is 6.05. The van der Waals surface area contributed by atoms with Crippen LogP contribution < -0.4 is 4.90 Å². The van der Waals surface area contributed by atoms with Crippen LogP contribution in [0, 0.1) is 5.92 Å². The first-order valence-corrected chi connectivity index (χ1v) is 7.59. The molecule has 0 atom stereocenters. The highest BCUT2D eigenvalue weighted by atomic mass is 16.3. The number of piperidine rings is 1. The van der Waals surface area contributed by atoms with Gasteiger partial charge in [-0.25, -0.2) is 0 Å². The Balaban J connectivity index is 1.94. The van der Waals surface area contributed by atoms with Crippen molar-refractivity contribution >= 4 is 11.5 Å². The van der Waals surface area contributed by atoms with E-state index in [4.69, 9.17) is 4.42 Å². The van der Waals surface area contributed by atoms with E-state index in [1.165, 1.54) is 12.8 Å². The SMILES string of the molecule is CC(=O)c1cc(N2CCC(C)CC2)ccc1-c1ccco1. The molecule has 1 aliphatic heterocycles. The number of rotatable bonds is 3. The van der Waals surface area contributed by atoms with E-state index in [-0.39, 0.29) is 5.78 Å². The fraction of sp³-hybridized carbons (Fsp3) is 0.389. The fourth-order valence-electron chi connectivity index (χ4n) is 2.93. The van der Waals surface area contributed by atoms with Crippen LogP contribution in [0.5, 0.6) is 0 Å². The second-order valence-electron chi connectivity index (χ2n) is 5.93. The van der Waals surface area contributed by atoms with Gasteiger partial charge in [0.1, 0.15) is 5.76 Å². The van der Waals surface area contributed by atoms with Gasteiger partial charge in [-0.05, 0) is 56.0 Å². The molecule has 1 saturated heterocycles. The third kappa shape index (κ3) is 2.87. The maximum absolute atomic E-state index is 12.0. The molecular weight excluding hydrogens is 262 g/mol. The topological polar surface area (TPSA) is 33.5 Å². The zero-order chi connectivity index (χ0) is 14.8. The second kappa shape index (κ2) is 5.76. The van der Waals surface area contributed by atoms with E-state index in [1.807, 2.05) is 24.3 Å². The average molecular weight is 283 g/mol. The van der Waals surface area contributed by atoms with Gasteiger partial charge in [0, 0.05) is 29.9 Å². The van der Waals surface area contributed by atoms with Gasteiger partial charge in [-0.3, -0.25) is 4.79 Å². The summed E-state index contributed by atoms with van der Waals surface area (Å²) in [5.41, 5.74) is 2.75. The van der Waals surface area contributed by atoms with Gasteiger partial charge in [-0.1, -0.05) is 6.92 Å². The van der Waals surface area contributed by atoms with Gasteiger partial charge in [-0.2, -0.15) is 0 Å². The van der Waals surface area contributed by atoms with Crippen molar-refractivity contribution in [1.82, 2.24) is 0 Å². The van der Waals surface area contributed by atoms with Crippen LogP contribution in [0.3, 0.4) is 0 Å². The lowest BCUT2D eigenvalue weighted by molar-refractivity contribution is 0.101. The van der Waals surface area contributed by atoms with Crippen LogP contribution in [-0.2, 0) is 0 Å². The highest BCUT2D eigenvalue weighted by Crippen LogP contribution is 2.30. The van der Waals surface area contributed by atoms with Crippen LogP contribution in [0.15, 0.2) is 41.0 Å². The Morgan fingerprint density at radius 3 is 2.62 bits per heavy atom. The average Bonchev–Trinajstić information content (AvgIpc) is 3.01. The molecule has 0 saturated carbocycles. The Morgan fingerprint density at radius 2 is 2.00 bits per heavy atom. The molecule has 1 fully saturated rings. The molecule has 0 aliphatic carbocycles. The van der Waals surface area contributed by atoms with Gasteiger partial charge in [-0.15, -0.1) is 0 Å². The van der Waals surface area contributed by atoms with Gasteiger partial charge in [0.2, 0.25) is 0 Å². The monoisotopic (exact) mass is 283 g/mol. The van der Waals surface area contributed by atoms with Crippen molar-refractivity contribution in [3.8, 4) is 11.3 Å². The number of furan rings is 1. The fourth-order valence-corrected chi connectivity index (χ4v) is 2.93. The van der Waals surface area contributed by atoms with Crippen LogP contribution in [0.25, 0.3) is 11.3 Å². The van der Waals surface area contributed by atoms with Gasteiger partial charge in [0.15, 0.2) is 5.78 Å². The number of carbonyl (C=O) groups excluding carboxylic acids is 1. The molecule has 0 radical (unpaired) electrons. The zero-order valence-electron chi connectivity index (χ0n) is 12.6. The lowest BCUT2D eigenvalue weighted by atomic mass is 9.97. The zero-order valence-corrected chi connectivity index (χ0v) is 12.6. The maximum Gasteiger partial charge on any atom is 0.160 e. The summed E-state index contributed by atoms with van der Waals surface area (Å²) >= 11 is 0. The Bertz CT molecular complexity index is 623. The van der Waals surface area contributed by atoms with E-state index < -0.39 is 0 Å². The van der Waals surface area contributed by atoms with Crippen molar-refractivity contribution in [2.75, 3.05) is 18.0 Å². The van der Waals surface area contributed by atoms with Crippen molar-refractivity contribution in [3.63, 3.8) is 0 Å². The van der Waals surface area contributed by atoms with Gasteiger partial charge < -0.3 is 9.32 Å². The van der Waals surface area contributed by atoms with Crippen molar-refractivity contribution < 1.29 is 9.21 Å². The number of benzene rings is 1. The smallest absolute Gasteiger partial charge is 0.160 e. The van der Waals surface area contributed by atoms with E-state index >= 15 is 0 Å². The molecule has 3 heteroatoms. The normalized spacial score (nSPS) is 16.2. The van der Waals surface area contributed by atoms with E-state index in [9.17, 15) is 4.79 Å². The molecule has 110 valence electrons. The standard InChI is InChI=1S/C18H21NO2/c1-13-7-9-19(10-8-13)15-5-6-16(17(12-15)14(2)20)18-4-3-11-21-18/h3-6,11-13H,7-10H2,1-2H3. The highest BCUT2D eigenvalue weighted by Gasteiger charge is 2.19. The minimum absolute atomic E-state index is 0.0774. The highest BCUT2D eigenvalue weighted by molar-refractivity contribution is 6.01. The molecule has 2 aromatic rings. The second-order valence-corrected chi connectivity index (χ2v) is 5.93. The third-order valence-electron chi connectivity index (χ3n) is 4.32. The minimum Gasteiger partial charge on any atom is -0.464 e. The summed E-state index contributed by atoms with van der Waals surface area (Å²) in [5, 5.41) is 0. The van der Waals surface area contributed by atoms with Crippen molar-refractivity contribution in [2.24, 2.45) is 5.92 Å². The summed E-state index contributed by atoms with van der Waals surface area (Å²) in [4.78, 5) is 14.4. The molecule has 3 rings (SSSR count). The van der Waals surface area contributed by atoms with E-state index in [0.717, 1.165) is 41.6 Å². The molecule has 0 bridgehead atoms. The molecule has 0 unspecified atom stereocenters. The van der Waals surface area contributed by atoms with Crippen LogP contribution in [0.4, 0.5) is 5.69 Å². The Morgan fingerprint density at radius 1 is 1.24 bits per heavy atom. The van der Waals surface area contributed by atoms with Gasteiger partial charge >= 0.3 is 0 Å². The molecule has 1 aromatic carbocycles. The quantitative estimate of drug-likeness (QED) is 0.783. The molecule has 3 nitrogen and oxygen atoms in total. The molecule has 0 spiro atoms. The van der Waals surface area contributed by atoms with Crippen LogP contribution in [0.2, 0.25) is 0 Å². The molecule has 0 amide bonds. The summed E-state index contributed by atoms with van der Waals surface area (Å²) in [5.74, 6) is 1.63. The molecular formula is C18H21NO2. The van der Waals surface area contributed by atoms with Crippen LogP contribution >= 0.6 is 0 Å². The number of carbonyl (C=O) groups is 1. The first kappa shape index (κ1) is 13.9. The molecule has 1 aliphatic rings. The first-order valence-electron chi connectivity index (χ1n) is 7.59. The van der Waals surface area contributed by atoms with Crippen molar-refractivity contribution in [2.45, 2.75) is 26.7 Å². The van der Waals surface area contributed by atoms with Crippen molar-refractivity contribution in [1.29, 1.82) is 0 Å². The maximum atomic E-state index is 12.0. The molecule has 0 N–H and O–H groups in total. The van der Waals surface area contributed by atoms with E-state index in [2.05, 4.69) is 17.9 Å². The Kier molecular flexibility index (Phi) is 3.82. The van der Waals surface area contributed by atoms with Crippen LogP contribution in [-0.4, -0.2) is 18.9 Å². The number of Topliss-reactive ketones (excluding diaryl/α,β-unsaturated/α-hetero) is 1. The summed E-state index contributed by atoms with van der Waals surface area (Å²) in [7, 11) is 0. The minimum atomic E-state index is 0.0774. The molecule has 1 aromatic heterocycles. The Hall–Kier alpha value is -2.03. The van der Waals surface area contributed by atoms with E-state index in [1.54, 1.807) is 13.2 Å². The lowest BCUT2D eigenvalue weighted by Gasteiger charge is -2.32. The number of anilines is 1. The number of nitrogens with zero attached hydrogens (tertiary/aromatic N) is 1. The summed E-state index contributed by atoms with van der Waals surface area (Å²) in [6, 6.07) is 9.85. The van der Waals surface area contributed by atoms with Crippen molar-refractivity contribution in [3.05, 3.63) is 42.2 Å². The number of ketones is 1. The first-order chi connectivity index (χ1) is 10.1. The predicted molar refractivity (Wildman–Crippen MR) is 84.8 cm³/mol.